The van der Waals surface area contributed by atoms with E-state index >= 15 is 0 Å². The van der Waals surface area contributed by atoms with Gasteiger partial charge in [-0.25, -0.2) is 9.18 Å². The van der Waals surface area contributed by atoms with E-state index < -0.39 is 5.97 Å². The molecule has 0 radical (unpaired) electrons. The van der Waals surface area contributed by atoms with Gasteiger partial charge in [0.2, 0.25) is 0 Å². The molecule has 5 heteroatoms. The maximum atomic E-state index is 13.4. The highest BCUT2D eigenvalue weighted by molar-refractivity contribution is 9.10. The van der Waals surface area contributed by atoms with Crippen molar-refractivity contribution in [3.05, 3.63) is 69.4 Å². The van der Waals surface area contributed by atoms with Crippen LogP contribution in [0.3, 0.4) is 0 Å². The third-order valence-corrected chi connectivity index (χ3v) is 4.05. The Kier molecular flexibility index (Phi) is 5.47. The van der Waals surface area contributed by atoms with Gasteiger partial charge in [0.1, 0.15) is 5.82 Å². The normalized spacial score (nSPS) is 10.6. The Morgan fingerprint density at radius 3 is 2.62 bits per heavy atom. The quantitative estimate of drug-likeness (QED) is 0.781. The molecule has 0 aliphatic heterocycles. The van der Waals surface area contributed by atoms with Crippen LogP contribution in [0.5, 0.6) is 0 Å². The molecule has 0 amide bonds. The molecular weight excluding hydrogens is 337 g/mol. The Morgan fingerprint density at radius 1 is 1.14 bits per heavy atom. The number of hydrogen-bond donors (Lipinski definition) is 2. The zero-order chi connectivity index (χ0) is 15.2. The van der Waals surface area contributed by atoms with Gasteiger partial charge in [-0.3, -0.25) is 0 Å². The van der Waals surface area contributed by atoms with Crippen LogP contribution in [-0.4, -0.2) is 17.6 Å². The van der Waals surface area contributed by atoms with E-state index in [2.05, 4.69) is 21.2 Å². The zero-order valence-electron chi connectivity index (χ0n) is 11.3. The third-order valence-electron chi connectivity index (χ3n) is 3.17. The number of aromatic carboxylic acids is 1. The molecule has 2 rings (SSSR count). The summed E-state index contributed by atoms with van der Waals surface area (Å²) in [5.74, 6) is -1.20. The molecule has 2 aromatic rings. The maximum absolute atomic E-state index is 13.4. The van der Waals surface area contributed by atoms with Gasteiger partial charge < -0.3 is 10.4 Å². The number of carbonyl (C=O) groups is 1. The van der Waals surface area contributed by atoms with E-state index in [1.54, 1.807) is 18.2 Å². The van der Waals surface area contributed by atoms with Gasteiger partial charge >= 0.3 is 5.97 Å². The molecule has 21 heavy (non-hydrogen) atoms. The lowest BCUT2D eigenvalue weighted by molar-refractivity contribution is 0.0695. The van der Waals surface area contributed by atoms with Crippen LogP contribution in [0.2, 0.25) is 0 Å². The van der Waals surface area contributed by atoms with Crippen LogP contribution in [0.15, 0.2) is 46.9 Å². The average Bonchev–Trinajstić information content (AvgIpc) is 2.48. The van der Waals surface area contributed by atoms with Crippen LogP contribution < -0.4 is 5.32 Å². The summed E-state index contributed by atoms with van der Waals surface area (Å²) in [6, 6.07) is 11.8. The number of hydrogen-bond acceptors (Lipinski definition) is 2. The molecule has 0 bridgehead atoms. The van der Waals surface area contributed by atoms with Gasteiger partial charge in [0.05, 0.1) is 10.0 Å². The molecule has 0 aromatic heterocycles. The van der Waals surface area contributed by atoms with E-state index in [0.29, 0.717) is 29.5 Å². The molecule has 2 aromatic carbocycles. The van der Waals surface area contributed by atoms with Crippen molar-refractivity contribution in [3.8, 4) is 0 Å². The van der Waals surface area contributed by atoms with Gasteiger partial charge in [0.15, 0.2) is 0 Å². The molecule has 0 unspecified atom stereocenters. The van der Waals surface area contributed by atoms with E-state index in [9.17, 15) is 9.18 Å². The first-order chi connectivity index (χ1) is 10.1. The molecule has 3 nitrogen and oxygen atoms in total. The Hall–Kier alpha value is -1.72. The minimum atomic E-state index is -0.918. The molecule has 0 heterocycles. The second kappa shape index (κ2) is 7.33. The van der Waals surface area contributed by atoms with Crippen molar-refractivity contribution in [2.75, 3.05) is 6.54 Å². The summed E-state index contributed by atoms with van der Waals surface area (Å²) in [5.41, 5.74) is 1.95. The smallest absolute Gasteiger partial charge is 0.335 e. The monoisotopic (exact) mass is 351 g/mol. The maximum Gasteiger partial charge on any atom is 0.335 e. The standard InChI is InChI=1S/C16H15BrFNO2/c17-15-12(5-3-7-14(15)18)10-19-9-8-11-4-1-2-6-13(11)16(20)21/h1-7,19H,8-10H2,(H,20,21). The molecule has 0 spiro atoms. The summed E-state index contributed by atoms with van der Waals surface area (Å²) in [4.78, 5) is 11.1. The lowest BCUT2D eigenvalue weighted by Crippen LogP contribution is -2.18. The van der Waals surface area contributed by atoms with Crippen LogP contribution in [0, 0.1) is 5.82 Å². The predicted octanol–water partition coefficient (Wildman–Crippen LogP) is 3.62. The second-order valence-electron chi connectivity index (χ2n) is 4.60. The van der Waals surface area contributed by atoms with Crippen molar-refractivity contribution in [2.24, 2.45) is 0 Å². The summed E-state index contributed by atoms with van der Waals surface area (Å²) in [6.45, 7) is 1.14. The Morgan fingerprint density at radius 2 is 1.86 bits per heavy atom. The molecule has 0 atom stereocenters. The predicted molar refractivity (Wildman–Crippen MR) is 82.9 cm³/mol. The minimum absolute atomic E-state index is 0.287. The lowest BCUT2D eigenvalue weighted by atomic mass is 10.0. The van der Waals surface area contributed by atoms with Crippen molar-refractivity contribution in [1.82, 2.24) is 5.32 Å². The van der Waals surface area contributed by atoms with Crippen molar-refractivity contribution in [2.45, 2.75) is 13.0 Å². The van der Waals surface area contributed by atoms with Crippen molar-refractivity contribution in [1.29, 1.82) is 0 Å². The van der Waals surface area contributed by atoms with E-state index in [-0.39, 0.29) is 5.82 Å². The van der Waals surface area contributed by atoms with E-state index in [4.69, 9.17) is 5.11 Å². The van der Waals surface area contributed by atoms with Crippen LogP contribution in [-0.2, 0) is 13.0 Å². The number of carboxylic acid groups (broad SMARTS) is 1. The van der Waals surface area contributed by atoms with Gasteiger partial charge in [-0.1, -0.05) is 30.3 Å². The molecule has 110 valence electrons. The topological polar surface area (TPSA) is 49.3 Å². The second-order valence-corrected chi connectivity index (χ2v) is 5.40. The number of benzene rings is 2. The molecule has 0 aliphatic rings. The van der Waals surface area contributed by atoms with E-state index in [1.807, 2.05) is 18.2 Å². The highest BCUT2D eigenvalue weighted by Gasteiger charge is 2.08. The minimum Gasteiger partial charge on any atom is -0.478 e. The van der Waals surface area contributed by atoms with Crippen LogP contribution >= 0.6 is 15.9 Å². The average molecular weight is 352 g/mol. The molecule has 2 N–H and O–H groups in total. The molecule has 0 saturated carbocycles. The summed E-state index contributed by atoms with van der Waals surface area (Å²) in [6.07, 6.45) is 0.607. The van der Waals surface area contributed by atoms with Crippen LogP contribution in [0.4, 0.5) is 4.39 Å². The summed E-state index contributed by atoms with van der Waals surface area (Å²) >= 11 is 3.22. The fraction of sp³-hybridized carbons (Fsp3) is 0.188. The van der Waals surface area contributed by atoms with Crippen molar-refractivity contribution < 1.29 is 14.3 Å². The lowest BCUT2D eigenvalue weighted by Gasteiger charge is -2.09. The number of carboxylic acids is 1. The fourth-order valence-electron chi connectivity index (χ4n) is 2.08. The number of nitrogens with one attached hydrogen (secondary N) is 1. The van der Waals surface area contributed by atoms with Crippen LogP contribution in [0.1, 0.15) is 21.5 Å². The van der Waals surface area contributed by atoms with Gasteiger partial charge in [-0.05, 0) is 52.2 Å². The molecule has 0 fully saturated rings. The highest BCUT2D eigenvalue weighted by Crippen LogP contribution is 2.20. The number of rotatable bonds is 6. The first kappa shape index (κ1) is 15.7. The van der Waals surface area contributed by atoms with Crippen molar-refractivity contribution >= 4 is 21.9 Å². The molecular formula is C16H15BrFNO2. The van der Waals surface area contributed by atoms with Crippen LogP contribution in [0.25, 0.3) is 0 Å². The summed E-state index contributed by atoms with van der Waals surface area (Å²) in [5, 5.41) is 12.3. The first-order valence-corrected chi connectivity index (χ1v) is 7.33. The summed E-state index contributed by atoms with van der Waals surface area (Å²) in [7, 11) is 0. The highest BCUT2D eigenvalue weighted by atomic mass is 79.9. The molecule has 0 saturated heterocycles. The Balaban J connectivity index is 1.91. The summed E-state index contributed by atoms with van der Waals surface area (Å²) < 4.78 is 13.8. The van der Waals surface area contributed by atoms with Gasteiger partial charge in [0.25, 0.3) is 0 Å². The zero-order valence-corrected chi connectivity index (χ0v) is 12.9. The first-order valence-electron chi connectivity index (χ1n) is 6.54. The van der Waals surface area contributed by atoms with Gasteiger partial charge in [-0.15, -0.1) is 0 Å². The Labute approximate surface area is 130 Å². The third kappa shape index (κ3) is 4.12. The van der Waals surface area contributed by atoms with E-state index in [0.717, 1.165) is 11.1 Å². The fourth-order valence-corrected chi connectivity index (χ4v) is 2.48. The molecule has 0 aliphatic carbocycles. The number of halogens is 2. The van der Waals surface area contributed by atoms with Gasteiger partial charge in [-0.2, -0.15) is 0 Å². The van der Waals surface area contributed by atoms with E-state index in [1.165, 1.54) is 6.07 Å². The van der Waals surface area contributed by atoms with Gasteiger partial charge in [0, 0.05) is 6.54 Å². The SMILES string of the molecule is O=C(O)c1ccccc1CCNCc1cccc(F)c1Br. The van der Waals surface area contributed by atoms with Crippen molar-refractivity contribution in [3.63, 3.8) is 0 Å². The Bertz CT molecular complexity index is 646. The largest absolute Gasteiger partial charge is 0.478 e.